The number of para-hydroxylation sites is 2. The van der Waals surface area contributed by atoms with Crippen LogP contribution in [0.15, 0.2) is 47.6 Å². The van der Waals surface area contributed by atoms with Crippen molar-refractivity contribution in [2.24, 2.45) is 5.10 Å². The summed E-state index contributed by atoms with van der Waals surface area (Å²) in [6, 6.07) is 9.97. The van der Waals surface area contributed by atoms with Gasteiger partial charge < -0.3 is 15.2 Å². The quantitative estimate of drug-likeness (QED) is 0.441. The van der Waals surface area contributed by atoms with Gasteiger partial charge in [-0.2, -0.15) is 5.10 Å². The Labute approximate surface area is 136 Å². The first kappa shape index (κ1) is 16.7. The lowest BCUT2D eigenvalue weighted by atomic mass is 10.2. The molecule has 0 spiro atoms. The van der Waals surface area contributed by atoms with Gasteiger partial charge in [-0.15, -0.1) is 0 Å². The monoisotopic (exact) mass is 330 g/mol. The van der Waals surface area contributed by atoms with Crippen molar-refractivity contribution in [3.63, 3.8) is 0 Å². The smallest absolute Gasteiger partial charge is 0.339 e. The number of hydrazone groups is 1. The molecule has 2 rings (SSSR count). The number of carbonyl (C=O) groups excluding carboxylic acids is 1. The van der Waals surface area contributed by atoms with Crippen molar-refractivity contribution in [2.45, 2.75) is 0 Å². The zero-order valence-electron chi connectivity index (χ0n) is 12.6. The minimum atomic E-state index is -0.714. The molecule has 0 atom stereocenters. The zero-order chi connectivity index (χ0) is 17.5. The summed E-state index contributed by atoms with van der Waals surface area (Å²) in [6.45, 7) is 0. The summed E-state index contributed by atoms with van der Waals surface area (Å²) in [6.07, 6.45) is 1.22. The fourth-order valence-electron chi connectivity index (χ4n) is 1.83. The van der Waals surface area contributed by atoms with Gasteiger partial charge in [-0.05, 0) is 24.3 Å². The van der Waals surface area contributed by atoms with Crippen LogP contribution in [0.5, 0.6) is 11.5 Å². The molecule has 0 saturated carbocycles. The highest BCUT2D eigenvalue weighted by Crippen LogP contribution is 2.25. The van der Waals surface area contributed by atoms with E-state index in [2.05, 4.69) is 15.8 Å². The van der Waals surface area contributed by atoms with E-state index in [0.717, 1.165) is 6.07 Å². The number of urea groups is 1. The Bertz CT molecular complexity index is 791. The van der Waals surface area contributed by atoms with E-state index in [1.165, 1.54) is 25.5 Å². The highest BCUT2D eigenvalue weighted by molar-refractivity contribution is 5.91. The second-order valence-corrected chi connectivity index (χ2v) is 4.53. The third-order valence-electron chi connectivity index (χ3n) is 2.93. The lowest BCUT2D eigenvalue weighted by molar-refractivity contribution is -0.385. The van der Waals surface area contributed by atoms with E-state index in [-0.39, 0.29) is 0 Å². The van der Waals surface area contributed by atoms with Crippen LogP contribution < -0.4 is 15.5 Å². The number of rotatable bonds is 5. The Morgan fingerprint density at radius 3 is 2.79 bits per heavy atom. The van der Waals surface area contributed by atoms with Gasteiger partial charge >= 0.3 is 11.7 Å². The van der Waals surface area contributed by atoms with Gasteiger partial charge in [0.25, 0.3) is 0 Å². The normalized spacial score (nSPS) is 10.4. The van der Waals surface area contributed by atoms with Crippen LogP contribution in [-0.4, -0.2) is 29.4 Å². The SMILES string of the molecule is COc1ccccc1NC(=O)N/N=C/c1ccc(O)c([N+](=O)[O-])c1. The van der Waals surface area contributed by atoms with Gasteiger partial charge in [0.15, 0.2) is 5.75 Å². The molecule has 0 fully saturated rings. The number of hydrogen-bond acceptors (Lipinski definition) is 6. The van der Waals surface area contributed by atoms with Crippen molar-refractivity contribution in [3.8, 4) is 11.5 Å². The standard InChI is InChI=1S/C15H14N4O5/c1-24-14-5-3-2-4-11(14)17-15(21)18-16-9-10-6-7-13(20)12(8-10)19(22)23/h2-9,20H,1H3,(H2,17,18,21)/b16-9+. The number of nitrogens with zero attached hydrogens (tertiary/aromatic N) is 2. The highest BCUT2D eigenvalue weighted by Gasteiger charge is 2.12. The molecule has 0 aliphatic heterocycles. The molecule has 9 nitrogen and oxygen atoms in total. The molecule has 0 unspecified atom stereocenters. The molecule has 9 heteroatoms. The second kappa shape index (κ2) is 7.58. The molecular weight excluding hydrogens is 316 g/mol. The summed E-state index contributed by atoms with van der Waals surface area (Å²) < 4.78 is 5.10. The van der Waals surface area contributed by atoms with Crippen LogP contribution in [-0.2, 0) is 0 Å². The molecule has 0 heterocycles. The number of nitrogens with one attached hydrogen (secondary N) is 2. The Morgan fingerprint density at radius 2 is 2.08 bits per heavy atom. The van der Waals surface area contributed by atoms with E-state index >= 15 is 0 Å². The second-order valence-electron chi connectivity index (χ2n) is 4.53. The zero-order valence-corrected chi connectivity index (χ0v) is 12.6. The predicted octanol–water partition coefficient (Wildman–Crippen LogP) is 2.46. The van der Waals surface area contributed by atoms with Gasteiger partial charge in [-0.25, -0.2) is 10.2 Å². The van der Waals surface area contributed by atoms with Gasteiger partial charge in [0.05, 0.1) is 23.9 Å². The number of nitro groups is 1. The largest absolute Gasteiger partial charge is 0.502 e. The average Bonchev–Trinajstić information content (AvgIpc) is 2.56. The fourth-order valence-corrected chi connectivity index (χ4v) is 1.83. The van der Waals surface area contributed by atoms with Crippen LogP contribution in [0.1, 0.15) is 5.56 Å². The molecular formula is C15H14N4O5. The van der Waals surface area contributed by atoms with Crippen LogP contribution in [0.4, 0.5) is 16.2 Å². The van der Waals surface area contributed by atoms with Crippen LogP contribution in [0.3, 0.4) is 0 Å². The Kier molecular flexibility index (Phi) is 5.29. The van der Waals surface area contributed by atoms with E-state index < -0.39 is 22.4 Å². The van der Waals surface area contributed by atoms with E-state index in [4.69, 9.17) is 4.74 Å². The number of hydrogen-bond donors (Lipinski definition) is 3. The van der Waals surface area contributed by atoms with Gasteiger partial charge in [-0.1, -0.05) is 12.1 Å². The first-order valence-corrected chi connectivity index (χ1v) is 6.71. The number of nitro benzene ring substituents is 1. The molecule has 0 bridgehead atoms. The van der Waals surface area contributed by atoms with Crippen LogP contribution in [0, 0.1) is 10.1 Å². The molecule has 0 aliphatic carbocycles. The van der Waals surface area contributed by atoms with Gasteiger partial charge in [0.1, 0.15) is 5.75 Å². The molecule has 0 saturated heterocycles. The molecule has 2 amide bonds. The number of aromatic hydroxyl groups is 1. The van der Waals surface area contributed by atoms with Crippen molar-refractivity contribution in [1.29, 1.82) is 0 Å². The van der Waals surface area contributed by atoms with Crippen molar-refractivity contribution < 1.29 is 19.6 Å². The Balaban J connectivity index is 2.00. The Morgan fingerprint density at radius 1 is 1.33 bits per heavy atom. The summed E-state index contributed by atoms with van der Waals surface area (Å²) in [7, 11) is 1.48. The number of methoxy groups -OCH3 is 1. The summed E-state index contributed by atoms with van der Waals surface area (Å²) in [5, 5.41) is 26.3. The number of phenols is 1. The molecule has 0 aromatic heterocycles. The number of carbonyl (C=O) groups is 1. The predicted molar refractivity (Wildman–Crippen MR) is 87.5 cm³/mol. The van der Waals surface area contributed by atoms with Crippen molar-refractivity contribution in [3.05, 3.63) is 58.1 Å². The topological polar surface area (TPSA) is 126 Å². The lowest BCUT2D eigenvalue weighted by Crippen LogP contribution is -2.24. The average molecular weight is 330 g/mol. The third kappa shape index (κ3) is 4.19. The maximum Gasteiger partial charge on any atom is 0.339 e. The van der Waals surface area contributed by atoms with Crippen LogP contribution in [0.25, 0.3) is 0 Å². The molecule has 24 heavy (non-hydrogen) atoms. The number of phenolic OH excluding ortho intramolecular Hbond substituents is 1. The van der Waals surface area contributed by atoms with Crippen molar-refractivity contribution in [1.82, 2.24) is 5.43 Å². The highest BCUT2D eigenvalue weighted by atomic mass is 16.6. The van der Waals surface area contributed by atoms with Crippen LogP contribution >= 0.6 is 0 Å². The van der Waals surface area contributed by atoms with E-state index in [0.29, 0.717) is 17.0 Å². The summed E-state index contributed by atoms with van der Waals surface area (Å²) in [5.41, 5.74) is 2.59. The molecule has 3 N–H and O–H groups in total. The third-order valence-corrected chi connectivity index (χ3v) is 2.93. The lowest BCUT2D eigenvalue weighted by Gasteiger charge is -2.08. The van der Waals surface area contributed by atoms with Gasteiger partial charge in [0, 0.05) is 11.6 Å². The van der Waals surface area contributed by atoms with E-state index in [1.807, 2.05) is 0 Å². The maximum absolute atomic E-state index is 11.8. The molecule has 2 aromatic rings. The van der Waals surface area contributed by atoms with Gasteiger partial charge in [-0.3, -0.25) is 10.1 Å². The Hall–Kier alpha value is -3.62. The van der Waals surface area contributed by atoms with Crippen molar-refractivity contribution >= 4 is 23.6 Å². The first-order valence-electron chi connectivity index (χ1n) is 6.71. The summed E-state index contributed by atoms with van der Waals surface area (Å²) >= 11 is 0. The summed E-state index contributed by atoms with van der Waals surface area (Å²) in [5.74, 6) is 0.0461. The molecule has 0 aliphatic rings. The molecule has 2 aromatic carbocycles. The summed E-state index contributed by atoms with van der Waals surface area (Å²) in [4.78, 5) is 21.8. The van der Waals surface area contributed by atoms with E-state index in [1.54, 1.807) is 24.3 Å². The maximum atomic E-state index is 11.8. The minimum absolute atomic E-state index is 0.345. The molecule has 0 radical (unpaired) electrons. The minimum Gasteiger partial charge on any atom is -0.502 e. The van der Waals surface area contributed by atoms with Crippen molar-refractivity contribution in [2.75, 3.05) is 12.4 Å². The molecule has 124 valence electrons. The number of benzene rings is 2. The first-order chi connectivity index (χ1) is 11.5. The number of ether oxygens (including phenoxy) is 1. The fraction of sp³-hybridized carbons (Fsp3) is 0.0667. The number of amides is 2. The van der Waals surface area contributed by atoms with Crippen LogP contribution in [0.2, 0.25) is 0 Å². The van der Waals surface area contributed by atoms with Gasteiger partial charge in [0.2, 0.25) is 0 Å². The van der Waals surface area contributed by atoms with E-state index in [9.17, 15) is 20.0 Å². The number of anilines is 1.